The van der Waals surface area contributed by atoms with E-state index >= 15 is 0 Å². The van der Waals surface area contributed by atoms with Crippen molar-refractivity contribution in [2.75, 3.05) is 20.1 Å². The van der Waals surface area contributed by atoms with Gasteiger partial charge in [0.1, 0.15) is 0 Å². The van der Waals surface area contributed by atoms with Gasteiger partial charge in [-0.1, -0.05) is 26.8 Å². The molecule has 1 N–H and O–H groups in total. The first-order valence-electron chi connectivity index (χ1n) is 8.27. The number of aromatic nitrogens is 1. The predicted molar refractivity (Wildman–Crippen MR) is 89.3 cm³/mol. The van der Waals surface area contributed by atoms with Crippen molar-refractivity contribution in [1.82, 2.24) is 15.2 Å². The van der Waals surface area contributed by atoms with E-state index in [1.807, 2.05) is 0 Å². The third-order valence-electron chi connectivity index (χ3n) is 4.82. The molecule has 1 saturated carbocycles. The number of nitrogens with zero attached hydrogens (tertiary/aromatic N) is 2. The third-order valence-corrected chi connectivity index (χ3v) is 4.82. The number of hydrogen-bond acceptors (Lipinski definition) is 3. The van der Waals surface area contributed by atoms with E-state index in [9.17, 15) is 0 Å². The summed E-state index contributed by atoms with van der Waals surface area (Å²) in [6.45, 7) is 12.2. The molecule has 118 valence electrons. The molecule has 1 heterocycles. The van der Waals surface area contributed by atoms with Gasteiger partial charge < -0.3 is 10.2 Å². The number of hydrogen-bond donors (Lipinski definition) is 1. The van der Waals surface area contributed by atoms with Crippen molar-refractivity contribution in [2.24, 2.45) is 11.3 Å². The van der Waals surface area contributed by atoms with E-state index in [4.69, 9.17) is 0 Å². The first kappa shape index (κ1) is 16.4. The first-order valence-corrected chi connectivity index (χ1v) is 8.27. The van der Waals surface area contributed by atoms with Crippen LogP contribution in [0, 0.1) is 18.3 Å². The van der Waals surface area contributed by atoms with Crippen LogP contribution in [0.1, 0.15) is 45.0 Å². The van der Waals surface area contributed by atoms with E-state index < -0.39 is 0 Å². The maximum absolute atomic E-state index is 4.61. The zero-order valence-corrected chi connectivity index (χ0v) is 14.3. The van der Waals surface area contributed by atoms with Gasteiger partial charge in [0, 0.05) is 24.8 Å². The van der Waals surface area contributed by atoms with Crippen LogP contribution >= 0.6 is 0 Å². The minimum atomic E-state index is 0.420. The molecule has 1 fully saturated rings. The molecule has 0 spiro atoms. The second-order valence-electron chi connectivity index (χ2n) is 7.29. The first-order chi connectivity index (χ1) is 9.92. The van der Waals surface area contributed by atoms with E-state index in [1.165, 1.54) is 18.5 Å². The second-order valence-corrected chi connectivity index (χ2v) is 7.29. The van der Waals surface area contributed by atoms with Gasteiger partial charge in [0.15, 0.2) is 0 Å². The Kier molecular flexibility index (Phi) is 5.39. The smallest absolute Gasteiger partial charge is 0.0547 e. The molecule has 21 heavy (non-hydrogen) atoms. The Morgan fingerprint density at radius 2 is 2.14 bits per heavy atom. The summed E-state index contributed by atoms with van der Waals surface area (Å²) in [5.41, 5.74) is 2.70. The van der Waals surface area contributed by atoms with E-state index in [2.05, 4.69) is 68.1 Å². The Morgan fingerprint density at radius 3 is 2.81 bits per heavy atom. The lowest BCUT2D eigenvalue weighted by atomic mass is 9.84. The standard InChI is InChI=1S/C18H31N3/c1-6-19-17-15(10-11-18(17,3)4)12-21(5)13-16-9-7-8-14(2)20-16/h7-9,15,17,19H,6,10-13H2,1-5H3. The summed E-state index contributed by atoms with van der Waals surface area (Å²) in [5, 5.41) is 3.72. The van der Waals surface area contributed by atoms with Crippen LogP contribution in [0.2, 0.25) is 0 Å². The molecule has 3 nitrogen and oxygen atoms in total. The fraction of sp³-hybridized carbons (Fsp3) is 0.722. The number of pyridine rings is 1. The summed E-state index contributed by atoms with van der Waals surface area (Å²) >= 11 is 0. The Morgan fingerprint density at radius 1 is 1.38 bits per heavy atom. The number of aryl methyl sites for hydroxylation is 1. The number of nitrogens with one attached hydrogen (secondary N) is 1. The highest BCUT2D eigenvalue weighted by Gasteiger charge is 2.41. The van der Waals surface area contributed by atoms with Crippen LogP contribution in [0.5, 0.6) is 0 Å². The molecule has 0 bridgehead atoms. The van der Waals surface area contributed by atoms with Gasteiger partial charge in [-0.15, -0.1) is 0 Å². The van der Waals surface area contributed by atoms with Crippen LogP contribution in [0.15, 0.2) is 18.2 Å². The molecule has 1 aromatic rings. The molecule has 1 aliphatic carbocycles. The van der Waals surface area contributed by atoms with Crippen molar-refractivity contribution in [2.45, 2.75) is 53.1 Å². The summed E-state index contributed by atoms with van der Waals surface area (Å²) < 4.78 is 0. The zero-order chi connectivity index (χ0) is 15.5. The lowest BCUT2D eigenvalue weighted by molar-refractivity contribution is 0.201. The van der Waals surface area contributed by atoms with Crippen molar-refractivity contribution in [3.05, 3.63) is 29.6 Å². The zero-order valence-electron chi connectivity index (χ0n) is 14.3. The molecule has 1 aromatic heterocycles. The van der Waals surface area contributed by atoms with Crippen LogP contribution in [0.4, 0.5) is 0 Å². The molecule has 0 aliphatic heterocycles. The highest BCUT2D eigenvalue weighted by Crippen LogP contribution is 2.41. The fourth-order valence-electron chi connectivity index (χ4n) is 3.81. The van der Waals surface area contributed by atoms with Crippen molar-refractivity contribution >= 4 is 0 Å². The Bertz CT molecular complexity index is 456. The lowest BCUT2D eigenvalue weighted by Gasteiger charge is -2.33. The van der Waals surface area contributed by atoms with Gasteiger partial charge >= 0.3 is 0 Å². The van der Waals surface area contributed by atoms with Crippen molar-refractivity contribution in [3.8, 4) is 0 Å². The molecule has 1 aliphatic rings. The fourth-order valence-corrected chi connectivity index (χ4v) is 3.81. The quantitative estimate of drug-likeness (QED) is 0.871. The second kappa shape index (κ2) is 6.89. The monoisotopic (exact) mass is 289 g/mol. The predicted octanol–water partition coefficient (Wildman–Crippen LogP) is 3.24. The van der Waals surface area contributed by atoms with Gasteiger partial charge in [-0.2, -0.15) is 0 Å². The van der Waals surface area contributed by atoms with Gasteiger partial charge in [0.25, 0.3) is 0 Å². The topological polar surface area (TPSA) is 28.2 Å². The van der Waals surface area contributed by atoms with E-state index in [-0.39, 0.29) is 0 Å². The van der Waals surface area contributed by atoms with Crippen LogP contribution in [0.25, 0.3) is 0 Å². The lowest BCUT2D eigenvalue weighted by Crippen LogP contribution is -2.45. The largest absolute Gasteiger partial charge is 0.313 e. The average Bonchev–Trinajstić information content (AvgIpc) is 2.66. The minimum Gasteiger partial charge on any atom is -0.313 e. The van der Waals surface area contributed by atoms with Gasteiger partial charge in [-0.25, -0.2) is 0 Å². The van der Waals surface area contributed by atoms with Gasteiger partial charge in [-0.05, 0) is 56.8 Å². The molecule has 2 rings (SSSR count). The summed E-state index contributed by atoms with van der Waals surface area (Å²) in [6.07, 6.45) is 2.65. The molecule has 0 aromatic carbocycles. The van der Waals surface area contributed by atoms with E-state index in [0.29, 0.717) is 11.5 Å². The summed E-state index contributed by atoms with van der Waals surface area (Å²) in [6, 6.07) is 6.93. The van der Waals surface area contributed by atoms with Crippen LogP contribution in [0.3, 0.4) is 0 Å². The molecule has 0 amide bonds. The normalized spacial score (nSPS) is 24.7. The highest BCUT2D eigenvalue weighted by molar-refractivity contribution is 5.09. The van der Waals surface area contributed by atoms with Crippen LogP contribution in [-0.2, 0) is 6.54 Å². The van der Waals surface area contributed by atoms with Crippen molar-refractivity contribution in [1.29, 1.82) is 0 Å². The molecular weight excluding hydrogens is 258 g/mol. The highest BCUT2D eigenvalue weighted by atomic mass is 15.1. The van der Waals surface area contributed by atoms with Crippen molar-refractivity contribution in [3.63, 3.8) is 0 Å². The molecule has 2 unspecified atom stereocenters. The summed E-state index contributed by atoms with van der Waals surface area (Å²) in [5.74, 6) is 0.745. The Balaban J connectivity index is 1.94. The SMILES string of the molecule is CCNC1C(CN(C)Cc2cccc(C)n2)CCC1(C)C. The molecule has 0 saturated heterocycles. The Hall–Kier alpha value is -0.930. The summed E-state index contributed by atoms with van der Waals surface area (Å²) in [4.78, 5) is 7.04. The van der Waals surface area contributed by atoms with E-state index in [0.717, 1.165) is 31.2 Å². The maximum Gasteiger partial charge on any atom is 0.0547 e. The average molecular weight is 289 g/mol. The van der Waals surface area contributed by atoms with Crippen molar-refractivity contribution < 1.29 is 0 Å². The van der Waals surface area contributed by atoms with Gasteiger partial charge in [0.05, 0.1) is 5.69 Å². The van der Waals surface area contributed by atoms with Crippen LogP contribution in [-0.4, -0.2) is 36.1 Å². The molecule has 0 radical (unpaired) electrons. The maximum atomic E-state index is 4.61. The van der Waals surface area contributed by atoms with Crippen LogP contribution < -0.4 is 5.32 Å². The number of rotatable bonds is 6. The molecule has 2 atom stereocenters. The summed E-state index contributed by atoms with van der Waals surface area (Å²) in [7, 11) is 2.22. The molecular formula is C18H31N3. The third kappa shape index (κ3) is 4.27. The molecule has 3 heteroatoms. The van der Waals surface area contributed by atoms with E-state index in [1.54, 1.807) is 0 Å². The Labute approximate surface area is 130 Å². The minimum absolute atomic E-state index is 0.420. The van der Waals surface area contributed by atoms with Gasteiger partial charge in [-0.3, -0.25) is 4.98 Å². The van der Waals surface area contributed by atoms with Gasteiger partial charge in [0.2, 0.25) is 0 Å².